The van der Waals surface area contributed by atoms with Crippen LogP contribution >= 0.6 is 11.8 Å². The molecule has 31 heavy (non-hydrogen) atoms. The van der Waals surface area contributed by atoms with Crippen molar-refractivity contribution in [3.8, 4) is 17.1 Å². The Bertz CT molecular complexity index is 1070. The molecule has 1 fully saturated rings. The van der Waals surface area contributed by atoms with E-state index in [9.17, 15) is 14.0 Å². The first-order valence-corrected chi connectivity index (χ1v) is 10.9. The Hall–Kier alpha value is -3.20. The van der Waals surface area contributed by atoms with E-state index >= 15 is 0 Å². The van der Waals surface area contributed by atoms with Crippen LogP contribution in [0.2, 0.25) is 0 Å². The molecular weight excluding hydrogens is 419 g/mol. The first kappa shape index (κ1) is 21.0. The van der Waals surface area contributed by atoms with Crippen molar-refractivity contribution in [2.75, 3.05) is 5.75 Å². The molecule has 0 bridgehead atoms. The van der Waals surface area contributed by atoms with E-state index in [2.05, 4.69) is 15.5 Å². The van der Waals surface area contributed by atoms with E-state index in [0.717, 1.165) is 30.3 Å². The first-order chi connectivity index (χ1) is 15.0. The smallest absolute Gasteiger partial charge is 0.317 e. The number of hydrogen-bond acceptors (Lipinski definition) is 6. The van der Waals surface area contributed by atoms with Gasteiger partial charge in [0.25, 0.3) is 5.91 Å². The molecule has 1 aromatic heterocycles. The molecule has 7 nitrogen and oxygen atoms in total. The summed E-state index contributed by atoms with van der Waals surface area (Å²) in [5.41, 5.74) is 1.50. The number of hydrogen-bond donors (Lipinski definition) is 1. The topological polar surface area (TPSA) is 86.1 Å². The van der Waals surface area contributed by atoms with E-state index in [4.69, 9.17) is 4.74 Å². The summed E-state index contributed by atoms with van der Waals surface area (Å²) in [6.45, 7) is 1.55. The van der Waals surface area contributed by atoms with Gasteiger partial charge in [0.2, 0.25) is 0 Å². The quantitative estimate of drug-likeness (QED) is 0.427. The Labute approximate surface area is 183 Å². The van der Waals surface area contributed by atoms with Gasteiger partial charge in [-0.05, 0) is 56.2 Å². The number of para-hydroxylation sites is 1. The minimum Gasteiger partial charge on any atom is -0.452 e. The van der Waals surface area contributed by atoms with Gasteiger partial charge in [-0.3, -0.25) is 14.2 Å². The maximum absolute atomic E-state index is 13.3. The number of esters is 1. The van der Waals surface area contributed by atoms with Crippen LogP contribution in [0.15, 0.2) is 59.8 Å². The molecule has 2 aromatic carbocycles. The molecule has 0 spiro atoms. The molecule has 3 aromatic rings. The van der Waals surface area contributed by atoms with Crippen LogP contribution in [-0.4, -0.2) is 44.5 Å². The van der Waals surface area contributed by atoms with Crippen molar-refractivity contribution in [1.29, 1.82) is 0 Å². The van der Waals surface area contributed by atoms with E-state index in [-0.39, 0.29) is 23.5 Å². The lowest BCUT2D eigenvalue weighted by Crippen LogP contribution is -2.37. The summed E-state index contributed by atoms with van der Waals surface area (Å²) < 4.78 is 20.4. The van der Waals surface area contributed by atoms with Crippen LogP contribution in [0.1, 0.15) is 19.8 Å². The largest absolute Gasteiger partial charge is 0.452 e. The van der Waals surface area contributed by atoms with Gasteiger partial charge in [-0.15, -0.1) is 10.2 Å². The van der Waals surface area contributed by atoms with Gasteiger partial charge in [0, 0.05) is 17.3 Å². The molecule has 1 amide bonds. The fraction of sp³-hybridized carbons (Fsp3) is 0.273. The Morgan fingerprint density at radius 3 is 2.55 bits per heavy atom. The van der Waals surface area contributed by atoms with Crippen LogP contribution in [0.3, 0.4) is 0 Å². The average Bonchev–Trinajstić information content (AvgIpc) is 3.49. The zero-order chi connectivity index (χ0) is 21.8. The molecule has 1 unspecified atom stereocenters. The average molecular weight is 441 g/mol. The molecule has 9 heteroatoms. The molecule has 1 atom stereocenters. The molecule has 1 aliphatic carbocycles. The molecule has 1 heterocycles. The number of thioether (sulfide) groups is 1. The fourth-order valence-electron chi connectivity index (χ4n) is 2.91. The number of ether oxygens (including phenoxy) is 1. The number of carbonyl (C=O) groups excluding carboxylic acids is 2. The molecular formula is C22H21FN4O3S. The van der Waals surface area contributed by atoms with E-state index < -0.39 is 12.1 Å². The lowest BCUT2D eigenvalue weighted by molar-refractivity contribution is -0.152. The highest BCUT2D eigenvalue weighted by atomic mass is 32.2. The second kappa shape index (κ2) is 9.30. The molecule has 0 radical (unpaired) electrons. The monoisotopic (exact) mass is 440 g/mol. The van der Waals surface area contributed by atoms with E-state index in [1.807, 2.05) is 30.3 Å². The highest BCUT2D eigenvalue weighted by molar-refractivity contribution is 7.99. The number of amides is 1. The number of aromatic nitrogens is 3. The summed E-state index contributed by atoms with van der Waals surface area (Å²) in [4.78, 5) is 24.3. The number of carbonyl (C=O) groups is 2. The second-order valence-corrected chi connectivity index (χ2v) is 8.13. The van der Waals surface area contributed by atoms with Crippen LogP contribution < -0.4 is 5.32 Å². The lowest BCUT2D eigenvalue weighted by Gasteiger charge is -2.13. The van der Waals surface area contributed by atoms with Crippen LogP contribution in [0, 0.1) is 5.82 Å². The number of benzene rings is 2. The number of nitrogens with zero attached hydrogens (tertiary/aromatic N) is 3. The summed E-state index contributed by atoms with van der Waals surface area (Å²) >= 11 is 1.16. The third-order valence-corrected chi connectivity index (χ3v) is 5.57. The molecule has 1 saturated carbocycles. The predicted octanol–water partition coefficient (Wildman–Crippen LogP) is 3.38. The number of nitrogens with one attached hydrogen (secondary N) is 1. The van der Waals surface area contributed by atoms with Gasteiger partial charge in [-0.25, -0.2) is 4.39 Å². The minimum atomic E-state index is -0.851. The van der Waals surface area contributed by atoms with Crippen LogP contribution in [0.5, 0.6) is 0 Å². The molecule has 160 valence electrons. The minimum absolute atomic E-state index is 0.0323. The van der Waals surface area contributed by atoms with Crippen molar-refractivity contribution in [2.45, 2.75) is 37.1 Å². The third-order valence-electron chi connectivity index (χ3n) is 4.67. The summed E-state index contributed by atoms with van der Waals surface area (Å²) in [6.07, 6.45) is 1.08. The van der Waals surface area contributed by atoms with E-state index in [0.29, 0.717) is 16.5 Å². The van der Waals surface area contributed by atoms with Crippen LogP contribution in [-0.2, 0) is 14.3 Å². The van der Waals surface area contributed by atoms with Gasteiger partial charge in [0.1, 0.15) is 5.82 Å². The maximum atomic E-state index is 13.3. The van der Waals surface area contributed by atoms with Gasteiger partial charge < -0.3 is 10.1 Å². The molecule has 1 aliphatic rings. The van der Waals surface area contributed by atoms with Crippen molar-refractivity contribution in [3.63, 3.8) is 0 Å². The SMILES string of the molecule is CC(OC(=O)CSc1nnc(-c2ccc(F)cc2)n1-c1ccccc1)C(=O)NC1CC1. The standard InChI is InChI=1S/C22H21FN4O3S/c1-14(21(29)24-17-11-12-17)30-19(28)13-31-22-26-25-20(15-7-9-16(23)10-8-15)27(22)18-5-3-2-4-6-18/h2-10,14,17H,11-13H2,1H3,(H,24,29). The lowest BCUT2D eigenvalue weighted by atomic mass is 10.2. The highest BCUT2D eigenvalue weighted by Crippen LogP contribution is 2.28. The Morgan fingerprint density at radius 1 is 1.16 bits per heavy atom. The summed E-state index contributed by atoms with van der Waals surface area (Å²) in [6, 6.07) is 15.6. The predicted molar refractivity (Wildman–Crippen MR) is 114 cm³/mol. The maximum Gasteiger partial charge on any atom is 0.317 e. The van der Waals surface area contributed by atoms with Crippen LogP contribution in [0.4, 0.5) is 4.39 Å². The Kier molecular flexibility index (Phi) is 6.31. The van der Waals surface area contributed by atoms with Crippen molar-refractivity contribution < 1.29 is 18.7 Å². The van der Waals surface area contributed by atoms with Gasteiger partial charge in [0.15, 0.2) is 17.1 Å². The molecule has 0 saturated heterocycles. The van der Waals surface area contributed by atoms with Gasteiger partial charge in [0.05, 0.1) is 5.75 Å². The fourth-order valence-corrected chi connectivity index (χ4v) is 3.65. The Balaban J connectivity index is 1.49. The molecule has 4 rings (SSSR count). The van der Waals surface area contributed by atoms with Crippen molar-refractivity contribution >= 4 is 23.6 Å². The number of halogens is 1. The zero-order valence-electron chi connectivity index (χ0n) is 16.8. The normalized spacial score (nSPS) is 14.1. The first-order valence-electron chi connectivity index (χ1n) is 9.90. The van der Waals surface area contributed by atoms with Crippen LogP contribution in [0.25, 0.3) is 17.1 Å². The van der Waals surface area contributed by atoms with Gasteiger partial charge in [-0.2, -0.15) is 0 Å². The van der Waals surface area contributed by atoms with Gasteiger partial charge in [-0.1, -0.05) is 30.0 Å². The third kappa shape index (κ3) is 5.29. The molecule has 0 aliphatic heterocycles. The van der Waals surface area contributed by atoms with Crippen molar-refractivity contribution in [1.82, 2.24) is 20.1 Å². The summed E-state index contributed by atoms with van der Waals surface area (Å²) in [7, 11) is 0. The van der Waals surface area contributed by atoms with Crippen molar-refractivity contribution in [2.24, 2.45) is 0 Å². The highest BCUT2D eigenvalue weighted by Gasteiger charge is 2.27. The summed E-state index contributed by atoms with van der Waals surface area (Å²) in [5.74, 6) is -0.651. The van der Waals surface area contributed by atoms with E-state index in [1.165, 1.54) is 12.1 Å². The van der Waals surface area contributed by atoms with Gasteiger partial charge >= 0.3 is 5.97 Å². The summed E-state index contributed by atoms with van der Waals surface area (Å²) in [5, 5.41) is 11.8. The Morgan fingerprint density at radius 2 is 1.87 bits per heavy atom. The number of rotatable bonds is 8. The van der Waals surface area contributed by atoms with E-state index in [1.54, 1.807) is 23.6 Å². The molecule has 1 N–H and O–H groups in total. The van der Waals surface area contributed by atoms with Crippen molar-refractivity contribution in [3.05, 3.63) is 60.4 Å². The second-order valence-electron chi connectivity index (χ2n) is 7.19. The zero-order valence-corrected chi connectivity index (χ0v) is 17.6.